The summed E-state index contributed by atoms with van der Waals surface area (Å²) in [5, 5.41) is 3.50. The van der Waals surface area contributed by atoms with Gasteiger partial charge in [0.2, 0.25) is 0 Å². The van der Waals surface area contributed by atoms with Crippen molar-refractivity contribution in [3.63, 3.8) is 0 Å². The van der Waals surface area contributed by atoms with Crippen molar-refractivity contribution in [3.05, 3.63) is 29.8 Å². The molecule has 0 bridgehead atoms. The number of hydrogen-bond donors (Lipinski definition) is 1. The molecule has 1 aromatic rings. The Kier molecular flexibility index (Phi) is 5.33. The quantitative estimate of drug-likeness (QED) is 0.619. The van der Waals surface area contributed by atoms with Gasteiger partial charge in [0.15, 0.2) is 0 Å². The number of rotatable bonds is 7. The maximum absolute atomic E-state index is 12.4. The molecule has 1 N–H and O–H groups in total. The van der Waals surface area contributed by atoms with E-state index in [1.165, 1.54) is 17.6 Å². The van der Waals surface area contributed by atoms with Gasteiger partial charge in [-0.3, -0.25) is 10.1 Å². The molecule has 0 radical (unpaired) electrons. The van der Waals surface area contributed by atoms with E-state index in [4.69, 9.17) is 4.74 Å². The van der Waals surface area contributed by atoms with Crippen molar-refractivity contribution in [2.24, 2.45) is 5.92 Å². The van der Waals surface area contributed by atoms with E-state index in [1.54, 1.807) is 11.8 Å². The first-order valence-electron chi connectivity index (χ1n) is 7.53. The fraction of sp³-hybridized carbons (Fsp3) is 0.588. The minimum atomic E-state index is -0.558. The molecule has 0 aromatic heterocycles. The van der Waals surface area contributed by atoms with Gasteiger partial charge in [-0.2, -0.15) is 0 Å². The second-order valence-corrected chi connectivity index (χ2v) is 7.19. The number of carbonyl (C=O) groups excluding carboxylic acids is 1. The van der Waals surface area contributed by atoms with Gasteiger partial charge in [-0.05, 0) is 51.7 Å². The normalized spacial score (nSPS) is 17.6. The number of benzene rings is 1. The number of hydrogen-bond acceptors (Lipinski definition) is 4. The average molecular weight is 307 g/mol. The highest BCUT2D eigenvalue weighted by Gasteiger charge is 2.52. The van der Waals surface area contributed by atoms with E-state index in [2.05, 4.69) is 50.4 Å². The van der Waals surface area contributed by atoms with Crippen LogP contribution in [0.5, 0.6) is 0 Å². The summed E-state index contributed by atoms with van der Waals surface area (Å²) in [5.41, 5.74) is 0.684. The first-order valence-corrected chi connectivity index (χ1v) is 8.52. The van der Waals surface area contributed by atoms with E-state index < -0.39 is 5.54 Å². The van der Waals surface area contributed by atoms with Gasteiger partial charge in [0, 0.05) is 16.7 Å². The molecular formula is C17H25NO2S. The second-order valence-electron chi connectivity index (χ2n) is 6.14. The van der Waals surface area contributed by atoms with Crippen LogP contribution >= 0.6 is 11.8 Å². The van der Waals surface area contributed by atoms with Crippen molar-refractivity contribution >= 4 is 17.7 Å². The van der Waals surface area contributed by atoms with Gasteiger partial charge in [-0.1, -0.05) is 17.7 Å². The lowest BCUT2D eigenvalue weighted by Gasteiger charge is -2.34. The first kappa shape index (κ1) is 16.4. The standard InChI is InChI=1S/C17H25NO2S/c1-12(2)18-17(14-8-9-14,16(19)20-4)11-21-15-7-5-6-13(3)10-15/h5-7,10,12,14,18H,8-9,11H2,1-4H3. The molecule has 2 rings (SSSR count). The molecular weight excluding hydrogens is 282 g/mol. The van der Waals surface area contributed by atoms with Crippen LogP contribution in [0.2, 0.25) is 0 Å². The number of thioether (sulfide) groups is 1. The second kappa shape index (κ2) is 6.84. The Hall–Kier alpha value is -1.00. The molecule has 0 spiro atoms. The zero-order valence-corrected chi connectivity index (χ0v) is 14.1. The first-order chi connectivity index (χ1) is 9.98. The molecule has 4 heteroatoms. The molecule has 116 valence electrons. The van der Waals surface area contributed by atoms with E-state index >= 15 is 0 Å². The van der Waals surface area contributed by atoms with Crippen molar-refractivity contribution in [3.8, 4) is 0 Å². The summed E-state index contributed by atoms with van der Waals surface area (Å²) in [5.74, 6) is 0.981. The van der Waals surface area contributed by atoms with Crippen LogP contribution in [0.3, 0.4) is 0 Å². The third-order valence-electron chi connectivity index (χ3n) is 3.83. The highest BCUT2D eigenvalue weighted by atomic mass is 32.2. The van der Waals surface area contributed by atoms with Gasteiger partial charge in [-0.15, -0.1) is 11.8 Å². The molecule has 0 amide bonds. The Morgan fingerprint density at radius 1 is 1.48 bits per heavy atom. The molecule has 1 saturated carbocycles. The van der Waals surface area contributed by atoms with Gasteiger partial charge >= 0.3 is 5.97 Å². The molecule has 0 saturated heterocycles. The van der Waals surface area contributed by atoms with Gasteiger partial charge in [-0.25, -0.2) is 0 Å². The summed E-state index contributed by atoms with van der Waals surface area (Å²) in [6, 6.07) is 8.66. The maximum Gasteiger partial charge on any atom is 0.327 e. The Labute approximate surface area is 131 Å². The molecule has 0 heterocycles. The summed E-state index contributed by atoms with van der Waals surface area (Å²) >= 11 is 1.73. The molecule has 1 fully saturated rings. The van der Waals surface area contributed by atoms with Crippen molar-refractivity contribution in [2.45, 2.75) is 50.1 Å². The number of carbonyl (C=O) groups is 1. The Morgan fingerprint density at radius 3 is 2.71 bits per heavy atom. The zero-order valence-electron chi connectivity index (χ0n) is 13.3. The monoisotopic (exact) mass is 307 g/mol. The summed E-state index contributed by atoms with van der Waals surface area (Å²) in [4.78, 5) is 13.6. The molecule has 1 unspecified atom stereocenters. The SMILES string of the molecule is COC(=O)C(CSc1cccc(C)c1)(NC(C)C)C1CC1. The van der Waals surface area contributed by atoms with Gasteiger partial charge in [0.05, 0.1) is 7.11 Å². The molecule has 1 aliphatic rings. The number of methoxy groups -OCH3 is 1. The van der Waals surface area contributed by atoms with Gasteiger partial charge < -0.3 is 4.74 Å². The van der Waals surface area contributed by atoms with E-state index in [0.717, 1.165) is 12.8 Å². The van der Waals surface area contributed by atoms with Crippen LogP contribution in [0.4, 0.5) is 0 Å². The smallest absolute Gasteiger partial charge is 0.327 e. The van der Waals surface area contributed by atoms with E-state index in [-0.39, 0.29) is 12.0 Å². The van der Waals surface area contributed by atoms with Crippen molar-refractivity contribution in [1.82, 2.24) is 5.32 Å². The molecule has 3 nitrogen and oxygen atoms in total. The maximum atomic E-state index is 12.4. The summed E-state index contributed by atoms with van der Waals surface area (Å²) in [6.07, 6.45) is 2.20. The lowest BCUT2D eigenvalue weighted by Crippen LogP contribution is -2.59. The van der Waals surface area contributed by atoms with Crippen LogP contribution in [-0.4, -0.2) is 30.4 Å². The number of ether oxygens (including phenoxy) is 1. The highest BCUT2D eigenvalue weighted by Crippen LogP contribution is 2.43. The topological polar surface area (TPSA) is 38.3 Å². The molecule has 1 aliphatic carbocycles. The molecule has 1 atom stereocenters. The Morgan fingerprint density at radius 2 is 2.19 bits per heavy atom. The molecule has 0 aliphatic heterocycles. The van der Waals surface area contributed by atoms with Crippen LogP contribution < -0.4 is 5.32 Å². The van der Waals surface area contributed by atoms with Crippen LogP contribution in [0.25, 0.3) is 0 Å². The summed E-state index contributed by atoms with van der Waals surface area (Å²) in [7, 11) is 1.48. The molecule has 21 heavy (non-hydrogen) atoms. The lowest BCUT2D eigenvalue weighted by atomic mass is 9.94. The van der Waals surface area contributed by atoms with E-state index in [1.807, 2.05) is 0 Å². The lowest BCUT2D eigenvalue weighted by molar-refractivity contribution is -0.148. The third-order valence-corrected chi connectivity index (χ3v) is 5.01. The Balaban J connectivity index is 2.16. The Bertz CT molecular complexity index is 499. The van der Waals surface area contributed by atoms with Crippen LogP contribution in [-0.2, 0) is 9.53 Å². The van der Waals surface area contributed by atoms with Crippen LogP contribution in [0.1, 0.15) is 32.3 Å². The zero-order chi connectivity index (χ0) is 15.5. The van der Waals surface area contributed by atoms with Crippen LogP contribution in [0, 0.1) is 12.8 Å². The number of esters is 1. The highest BCUT2D eigenvalue weighted by molar-refractivity contribution is 7.99. The minimum absolute atomic E-state index is 0.126. The van der Waals surface area contributed by atoms with Gasteiger partial charge in [0.1, 0.15) is 5.54 Å². The van der Waals surface area contributed by atoms with E-state index in [9.17, 15) is 4.79 Å². The number of aryl methyl sites for hydroxylation is 1. The third kappa shape index (κ3) is 4.01. The van der Waals surface area contributed by atoms with Crippen molar-refractivity contribution in [1.29, 1.82) is 0 Å². The van der Waals surface area contributed by atoms with Crippen LogP contribution in [0.15, 0.2) is 29.2 Å². The summed E-state index contributed by atoms with van der Waals surface area (Å²) < 4.78 is 5.12. The van der Waals surface area contributed by atoms with Crippen molar-refractivity contribution in [2.75, 3.05) is 12.9 Å². The average Bonchev–Trinajstić information content (AvgIpc) is 3.27. The molecule has 1 aromatic carbocycles. The fourth-order valence-electron chi connectivity index (χ4n) is 2.74. The largest absolute Gasteiger partial charge is 0.468 e. The fourth-order valence-corrected chi connectivity index (χ4v) is 4.01. The van der Waals surface area contributed by atoms with Gasteiger partial charge in [0.25, 0.3) is 0 Å². The predicted molar refractivity (Wildman–Crippen MR) is 87.6 cm³/mol. The predicted octanol–water partition coefficient (Wildman–Crippen LogP) is 3.41. The van der Waals surface area contributed by atoms with Crippen molar-refractivity contribution < 1.29 is 9.53 Å². The number of nitrogens with one attached hydrogen (secondary N) is 1. The van der Waals surface area contributed by atoms with E-state index in [0.29, 0.717) is 11.7 Å². The minimum Gasteiger partial charge on any atom is -0.468 e. The summed E-state index contributed by atoms with van der Waals surface area (Å²) in [6.45, 7) is 6.25.